The number of hydrogen-bond donors (Lipinski definition) is 1. The number of nitrogens with zero attached hydrogens (tertiary/aromatic N) is 2. The van der Waals surface area contributed by atoms with E-state index in [0.29, 0.717) is 0 Å². The molecular formula is C13H21Cl2N3O. The van der Waals surface area contributed by atoms with Crippen molar-refractivity contribution in [2.75, 3.05) is 19.6 Å². The second-order valence-corrected chi connectivity index (χ2v) is 4.64. The number of piperazine rings is 1. The van der Waals surface area contributed by atoms with Gasteiger partial charge in [0.05, 0.1) is 11.3 Å². The van der Waals surface area contributed by atoms with Crippen molar-refractivity contribution < 1.29 is 4.79 Å². The van der Waals surface area contributed by atoms with Gasteiger partial charge >= 0.3 is 0 Å². The van der Waals surface area contributed by atoms with Crippen LogP contribution in [0.2, 0.25) is 0 Å². The number of aromatic nitrogens is 1. The Morgan fingerprint density at radius 1 is 1.37 bits per heavy atom. The van der Waals surface area contributed by atoms with E-state index in [1.54, 1.807) is 0 Å². The third-order valence-electron chi connectivity index (χ3n) is 3.22. The van der Waals surface area contributed by atoms with Crippen LogP contribution < -0.4 is 5.32 Å². The zero-order valence-corrected chi connectivity index (χ0v) is 13.1. The summed E-state index contributed by atoms with van der Waals surface area (Å²) >= 11 is 0. The monoisotopic (exact) mass is 305 g/mol. The average Bonchev–Trinajstić information content (AvgIpc) is 2.29. The number of amides is 1. The molecule has 1 aliphatic rings. The smallest absolute Gasteiger partial charge is 0.256 e. The minimum absolute atomic E-state index is 0. The van der Waals surface area contributed by atoms with E-state index < -0.39 is 0 Å². The molecule has 6 heteroatoms. The van der Waals surface area contributed by atoms with Crippen LogP contribution >= 0.6 is 24.8 Å². The van der Waals surface area contributed by atoms with E-state index in [0.717, 1.165) is 36.6 Å². The minimum Gasteiger partial charge on any atom is -0.333 e. The summed E-state index contributed by atoms with van der Waals surface area (Å²) in [6.07, 6.45) is 0. The Morgan fingerprint density at radius 3 is 2.63 bits per heavy atom. The normalized spacial score (nSPS) is 18.3. The number of pyridine rings is 1. The van der Waals surface area contributed by atoms with Crippen molar-refractivity contribution in [2.45, 2.75) is 26.8 Å². The van der Waals surface area contributed by atoms with Crippen LogP contribution in [-0.4, -0.2) is 41.5 Å². The third kappa shape index (κ3) is 4.06. The Hall–Kier alpha value is -0.840. The molecule has 1 aromatic rings. The van der Waals surface area contributed by atoms with Crippen molar-refractivity contribution in [3.05, 3.63) is 29.1 Å². The molecule has 1 saturated heterocycles. The molecule has 1 fully saturated rings. The fourth-order valence-electron chi connectivity index (χ4n) is 2.21. The predicted octanol–water partition coefficient (Wildman–Crippen LogP) is 1.98. The molecule has 0 bridgehead atoms. The topological polar surface area (TPSA) is 45.2 Å². The molecule has 1 N–H and O–H groups in total. The third-order valence-corrected chi connectivity index (χ3v) is 3.22. The van der Waals surface area contributed by atoms with Gasteiger partial charge in [0.2, 0.25) is 0 Å². The van der Waals surface area contributed by atoms with Crippen molar-refractivity contribution in [3.8, 4) is 0 Å². The lowest BCUT2D eigenvalue weighted by molar-refractivity contribution is 0.0654. The molecule has 0 radical (unpaired) electrons. The van der Waals surface area contributed by atoms with Crippen LogP contribution in [-0.2, 0) is 0 Å². The lowest BCUT2D eigenvalue weighted by Gasteiger charge is -2.34. The van der Waals surface area contributed by atoms with E-state index in [4.69, 9.17) is 0 Å². The second-order valence-electron chi connectivity index (χ2n) is 4.64. The first-order chi connectivity index (χ1) is 8.09. The maximum atomic E-state index is 12.4. The van der Waals surface area contributed by atoms with Gasteiger partial charge in [-0.3, -0.25) is 9.78 Å². The molecule has 1 unspecified atom stereocenters. The van der Waals surface area contributed by atoms with Gasteiger partial charge in [0, 0.05) is 31.4 Å². The van der Waals surface area contributed by atoms with E-state index in [1.807, 2.05) is 30.9 Å². The fourth-order valence-corrected chi connectivity index (χ4v) is 2.21. The van der Waals surface area contributed by atoms with E-state index >= 15 is 0 Å². The van der Waals surface area contributed by atoms with Gasteiger partial charge < -0.3 is 10.2 Å². The fraction of sp³-hybridized carbons (Fsp3) is 0.538. The SMILES string of the molecule is Cc1ccc(C(=O)N2CCNCC2C)c(C)n1.Cl.Cl. The number of aryl methyl sites for hydroxylation is 2. The summed E-state index contributed by atoms with van der Waals surface area (Å²) in [6, 6.07) is 4.03. The maximum absolute atomic E-state index is 12.4. The first-order valence-electron chi connectivity index (χ1n) is 6.05. The molecule has 0 aliphatic carbocycles. The molecule has 0 saturated carbocycles. The lowest BCUT2D eigenvalue weighted by atomic mass is 10.1. The van der Waals surface area contributed by atoms with Crippen LogP contribution in [0.3, 0.4) is 0 Å². The summed E-state index contributed by atoms with van der Waals surface area (Å²) in [5.41, 5.74) is 2.50. The second kappa shape index (κ2) is 7.68. The van der Waals surface area contributed by atoms with Crippen molar-refractivity contribution in [3.63, 3.8) is 0 Å². The zero-order chi connectivity index (χ0) is 12.4. The summed E-state index contributed by atoms with van der Waals surface area (Å²) in [5, 5.41) is 3.29. The summed E-state index contributed by atoms with van der Waals surface area (Å²) in [5.74, 6) is 0.101. The van der Waals surface area contributed by atoms with Crippen LogP contribution in [0.15, 0.2) is 12.1 Å². The first-order valence-corrected chi connectivity index (χ1v) is 6.05. The van der Waals surface area contributed by atoms with Crippen LogP contribution in [0.25, 0.3) is 0 Å². The Morgan fingerprint density at radius 2 is 2.05 bits per heavy atom. The standard InChI is InChI=1S/C13H19N3O.2ClH/c1-9-4-5-12(11(3)15-9)13(17)16-7-6-14-8-10(16)2;;/h4-5,10,14H,6-8H2,1-3H3;2*1H. The minimum atomic E-state index is 0. The van der Waals surface area contributed by atoms with Gasteiger partial charge in [-0.15, -0.1) is 24.8 Å². The van der Waals surface area contributed by atoms with Crippen LogP contribution in [0.5, 0.6) is 0 Å². The number of carbonyl (C=O) groups is 1. The first kappa shape index (κ1) is 18.2. The molecule has 2 heterocycles. The van der Waals surface area contributed by atoms with Gasteiger partial charge in [0.15, 0.2) is 0 Å². The van der Waals surface area contributed by atoms with Gasteiger partial charge in [-0.25, -0.2) is 0 Å². The van der Waals surface area contributed by atoms with E-state index in [9.17, 15) is 4.79 Å². The van der Waals surface area contributed by atoms with Crippen LogP contribution in [0.1, 0.15) is 28.7 Å². The summed E-state index contributed by atoms with van der Waals surface area (Å²) in [7, 11) is 0. The van der Waals surface area contributed by atoms with Crippen molar-refractivity contribution >= 4 is 30.7 Å². The molecule has 19 heavy (non-hydrogen) atoms. The molecule has 1 aliphatic heterocycles. The predicted molar refractivity (Wildman–Crippen MR) is 81.6 cm³/mol. The Kier molecular flexibility index (Phi) is 7.34. The number of nitrogens with one attached hydrogen (secondary N) is 1. The Bertz CT molecular complexity index is 440. The van der Waals surface area contributed by atoms with E-state index in [1.165, 1.54) is 0 Å². The molecular weight excluding hydrogens is 285 g/mol. The van der Waals surface area contributed by atoms with Crippen molar-refractivity contribution in [1.82, 2.24) is 15.2 Å². The van der Waals surface area contributed by atoms with E-state index in [2.05, 4.69) is 17.2 Å². The molecule has 0 spiro atoms. The number of carbonyl (C=O) groups excluding carboxylic acids is 1. The van der Waals surface area contributed by atoms with Gasteiger partial charge in [-0.1, -0.05) is 0 Å². The Labute approximate surface area is 126 Å². The summed E-state index contributed by atoms with van der Waals surface area (Å²) < 4.78 is 0. The lowest BCUT2D eigenvalue weighted by Crippen LogP contribution is -2.52. The average molecular weight is 306 g/mol. The van der Waals surface area contributed by atoms with Gasteiger partial charge in [-0.2, -0.15) is 0 Å². The molecule has 2 rings (SSSR count). The highest BCUT2D eigenvalue weighted by atomic mass is 35.5. The van der Waals surface area contributed by atoms with Gasteiger partial charge in [0.1, 0.15) is 0 Å². The zero-order valence-electron chi connectivity index (χ0n) is 11.5. The van der Waals surface area contributed by atoms with Crippen molar-refractivity contribution in [1.29, 1.82) is 0 Å². The summed E-state index contributed by atoms with van der Waals surface area (Å²) in [6.45, 7) is 8.41. The number of halogens is 2. The van der Waals surface area contributed by atoms with Gasteiger partial charge in [0.25, 0.3) is 5.91 Å². The van der Waals surface area contributed by atoms with E-state index in [-0.39, 0.29) is 36.8 Å². The maximum Gasteiger partial charge on any atom is 0.256 e. The molecule has 0 aromatic carbocycles. The Balaban J connectivity index is 0.00000162. The van der Waals surface area contributed by atoms with Gasteiger partial charge in [-0.05, 0) is 32.9 Å². The largest absolute Gasteiger partial charge is 0.333 e. The van der Waals surface area contributed by atoms with Crippen molar-refractivity contribution in [2.24, 2.45) is 0 Å². The molecule has 1 atom stereocenters. The molecule has 1 amide bonds. The van der Waals surface area contributed by atoms with Crippen LogP contribution in [0.4, 0.5) is 0 Å². The molecule has 1 aromatic heterocycles. The number of rotatable bonds is 1. The highest BCUT2D eigenvalue weighted by Crippen LogP contribution is 2.13. The molecule has 108 valence electrons. The van der Waals surface area contributed by atoms with Crippen LogP contribution in [0, 0.1) is 13.8 Å². The quantitative estimate of drug-likeness (QED) is 0.863. The summed E-state index contributed by atoms with van der Waals surface area (Å²) in [4.78, 5) is 18.7. The molecule has 4 nitrogen and oxygen atoms in total. The highest BCUT2D eigenvalue weighted by molar-refractivity contribution is 5.95. The highest BCUT2D eigenvalue weighted by Gasteiger charge is 2.25. The number of hydrogen-bond acceptors (Lipinski definition) is 3.